The normalized spacial score (nSPS) is 11.6. The number of halogens is 2. The Bertz CT molecular complexity index is 607. The Kier molecular flexibility index (Phi) is 5.97. The molecule has 21 heavy (non-hydrogen) atoms. The van der Waals surface area contributed by atoms with Crippen LogP contribution in [0.25, 0.3) is 0 Å². The molecular weight excluding hydrogens is 308 g/mol. The van der Waals surface area contributed by atoms with E-state index in [9.17, 15) is 27.3 Å². The number of nitrogens with zero attached hydrogens (tertiary/aromatic N) is 1. The fraction of sp³-hybridized carbons (Fsp3) is 0.455. The summed E-state index contributed by atoms with van der Waals surface area (Å²) in [5, 5.41) is 13.3. The monoisotopic (exact) mass is 323 g/mol. The molecule has 2 N–H and O–H groups in total. The molecule has 0 unspecified atom stereocenters. The molecule has 0 aliphatic rings. The van der Waals surface area contributed by atoms with Crippen molar-refractivity contribution < 1.29 is 22.1 Å². The molecule has 0 bridgehead atoms. The molecule has 118 valence electrons. The molecule has 0 aliphatic carbocycles. The third-order valence-electron chi connectivity index (χ3n) is 2.51. The van der Waals surface area contributed by atoms with Crippen molar-refractivity contribution in [3.8, 4) is 0 Å². The highest BCUT2D eigenvalue weighted by Gasteiger charge is 2.17. The number of nitro benzene ring substituents is 1. The molecule has 0 saturated heterocycles. The zero-order chi connectivity index (χ0) is 16.0. The van der Waals surface area contributed by atoms with Crippen LogP contribution in [0.5, 0.6) is 0 Å². The van der Waals surface area contributed by atoms with Crippen molar-refractivity contribution in [3.05, 3.63) is 33.9 Å². The second-order valence-electron chi connectivity index (χ2n) is 4.28. The highest BCUT2D eigenvalue weighted by Crippen LogP contribution is 2.30. The number of hydrogen-bond donors (Lipinski definition) is 2. The summed E-state index contributed by atoms with van der Waals surface area (Å²) in [6, 6.07) is 3.16. The fourth-order valence-electron chi connectivity index (χ4n) is 1.57. The molecule has 0 heterocycles. The van der Waals surface area contributed by atoms with Gasteiger partial charge in [0.05, 0.1) is 11.2 Å². The molecule has 0 amide bonds. The lowest BCUT2D eigenvalue weighted by atomic mass is 10.1. The van der Waals surface area contributed by atoms with Gasteiger partial charge in [-0.25, -0.2) is 21.9 Å². The van der Waals surface area contributed by atoms with Gasteiger partial charge in [0.15, 0.2) is 0 Å². The van der Waals surface area contributed by atoms with Gasteiger partial charge in [-0.3, -0.25) is 10.1 Å². The van der Waals surface area contributed by atoms with E-state index in [4.69, 9.17) is 0 Å². The van der Waals surface area contributed by atoms with E-state index in [0.29, 0.717) is 6.42 Å². The Morgan fingerprint density at radius 1 is 1.33 bits per heavy atom. The van der Waals surface area contributed by atoms with E-state index in [1.165, 1.54) is 6.07 Å². The third-order valence-corrected chi connectivity index (χ3v) is 3.24. The van der Waals surface area contributed by atoms with Crippen LogP contribution in [0, 0.1) is 10.1 Å². The second-order valence-corrected chi connectivity index (χ2v) is 6.11. The molecule has 0 saturated carbocycles. The van der Waals surface area contributed by atoms with Crippen molar-refractivity contribution in [3.63, 3.8) is 0 Å². The van der Waals surface area contributed by atoms with Gasteiger partial charge in [-0.2, -0.15) is 0 Å². The number of nitrogens with one attached hydrogen (secondary N) is 2. The van der Waals surface area contributed by atoms with E-state index in [1.807, 2.05) is 0 Å². The number of non-ortho nitro benzene ring substituents is 1. The van der Waals surface area contributed by atoms with Gasteiger partial charge in [-0.05, 0) is 12.5 Å². The summed E-state index contributed by atoms with van der Waals surface area (Å²) in [6.45, 7) is 0.420. The SMILES string of the molecule is CS(=O)(=O)NCCCNc1ccc([N+](=O)[O-])cc1C(F)F. The molecule has 0 fully saturated rings. The molecular formula is C11H15F2N3O4S. The van der Waals surface area contributed by atoms with Gasteiger partial charge in [0.2, 0.25) is 10.0 Å². The highest BCUT2D eigenvalue weighted by molar-refractivity contribution is 7.88. The number of alkyl halides is 2. The van der Waals surface area contributed by atoms with Crippen molar-refractivity contribution in [2.24, 2.45) is 0 Å². The van der Waals surface area contributed by atoms with Gasteiger partial charge in [0, 0.05) is 36.5 Å². The van der Waals surface area contributed by atoms with Crippen LogP contribution >= 0.6 is 0 Å². The van der Waals surface area contributed by atoms with Gasteiger partial charge in [0.1, 0.15) is 0 Å². The predicted molar refractivity (Wildman–Crippen MR) is 74.0 cm³/mol. The van der Waals surface area contributed by atoms with Crippen LogP contribution in [0.4, 0.5) is 20.2 Å². The lowest BCUT2D eigenvalue weighted by Crippen LogP contribution is -2.24. The predicted octanol–water partition coefficient (Wildman–Crippen LogP) is 1.88. The van der Waals surface area contributed by atoms with Gasteiger partial charge in [-0.1, -0.05) is 0 Å². The largest absolute Gasteiger partial charge is 0.385 e. The van der Waals surface area contributed by atoms with Crippen molar-refractivity contribution in [2.75, 3.05) is 24.7 Å². The smallest absolute Gasteiger partial charge is 0.270 e. The average molecular weight is 323 g/mol. The first-order chi connectivity index (χ1) is 9.70. The molecule has 0 aliphatic heterocycles. The van der Waals surface area contributed by atoms with Crippen molar-refractivity contribution in [2.45, 2.75) is 12.8 Å². The lowest BCUT2D eigenvalue weighted by molar-refractivity contribution is -0.385. The van der Waals surface area contributed by atoms with Crippen LogP contribution in [-0.4, -0.2) is 32.7 Å². The quantitative estimate of drug-likeness (QED) is 0.432. The topological polar surface area (TPSA) is 101 Å². The van der Waals surface area contributed by atoms with E-state index >= 15 is 0 Å². The van der Waals surface area contributed by atoms with Gasteiger partial charge >= 0.3 is 0 Å². The molecule has 1 rings (SSSR count). The first kappa shape index (κ1) is 17.2. The molecule has 1 aromatic carbocycles. The summed E-state index contributed by atoms with van der Waals surface area (Å²) in [6.07, 6.45) is -1.44. The molecule has 1 aromatic rings. The number of nitro groups is 1. The van der Waals surface area contributed by atoms with Crippen molar-refractivity contribution in [1.82, 2.24) is 4.72 Å². The molecule has 0 spiro atoms. The van der Waals surface area contributed by atoms with Crippen LogP contribution in [0.15, 0.2) is 18.2 Å². The van der Waals surface area contributed by atoms with E-state index in [0.717, 1.165) is 18.4 Å². The number of anilines is 1. The summed E-state index contributed by atoms with van der Waals surface area (Å²) in [5.41, 5.74) is -0.773. The number of hydrogen-bond acceptors (Lipinski definition) is 5. The first-order valence-corrected chi connectivity index (χ1v) is 7.85. The minimum atomic E-state index is -3.28. The van der Waals surface area contributed by atoms with Gasteiger partial charge < -0.3 is 5.32 Å². The third kappa shape index (κ3) is 6.00. The van der Waals surface area contributed by atoms with Crippen molar-refractivity contribution >= 4 is 21.4 Å². The summed E-state index contributed by atoms with van der Waals surface area (Å²) in [5.74, 6) is 0. The van der Waals surface area contributed by atoms with Crippen LogP contribution in [0.2, 0.25) is 0 Å². The summed E-state index contributed by atoms with van der Waals surface area (Å²) in [4.78, 5) is 9.81. The van der Waals surface area contributed by atoms with E-state index < -0.39 is 32.6 Å². The average Bonchev–Trinajstić information content (AvgIpc) is 2.36. The van der Waals surface area contributed by atoms with Gasteiger partial charge in [-0.15, -0.1) is 0 Å². The van der Waals surface area contributed by atoms with Crippen LogP contribution in [0.3, 0.4) is 0 Å². The Balaban J connectivity index is 2.64. The maximum atomic E-state index is 12.8. The summed E-state index contributed by atoms with van der Waals surface area (Å²) in [7, 11) is -3.28. The van der Waals surface area contributed by atoms with E-state index in [-0.39, 0.29) is 18.8 Å². The van der Waals surface area contributed by atoms with E-state index in [1.54, 1.807) is 0 Å². The Morgan fingerprint density at radius 2 is 2.00 bits per heavy atom. The lowest BCUT2D eigenvalue weighted by Gasteiger charge is -2.11. The first-order valence-electron chi connectivity index (χ1n) is 5.95. The Labute approximate surface area is 120 Å². The van der Waals surface area contributed by atoms with E-state index in [2.05, 4.69) is 10.0 Å². The van der Waals surface area contributed by atoms with Crippen LogP contribution in [-0.2, 0) is 10.0 Å². The molecule has 0 aromatic heterocycles. The summed E-state index contributed by atoms with van der Waals surface area (Å²) < 4.78 is 49.6. The Morgan fingerprint density at radius 3 is 2.52 bits per heavy atom. The van der Waals surface area contributed by atoms with Crippen molar-refractivity contribution in [1.29, 1.82) is 0 Å². The minimum Gasteiger partial charge on any atom is -0.385 e. The molecule has 10 heteroatoms. The van der Waals surface area contributed by atoms with Crippen LogP contribution < -0.4 is 10.0 Å². The second kappa shape index (κ2) is 7.27. The zero-order valence-corrected chi connectivity index (χ0v) is 12.0. The van der Waals surface area contributed by atoms with Gasteiger partial charge in [0.25, 0.3) is 12.1 Å². The van der Waals surface area contributed by atoms with Crippen LogP contribution in [0.1, 0.15) is 18.4 Å². The summed E-state index contributed by atoms with van der Waals surface area (Å²) >= 11 is 0. The molecule has 0 atom stereocenters. The number of sulfonamides is 1. The maximum Gasteiger partial charge on any atom is 0.270 e. The zero-order valence-electron chi connectivity index (χ0n) is 11.2. The number of rotatable bonds is 8. The fourth-order valence-corrected chi connectivity index (χ4v) is 2.09. The highest BCUT2D eigenvalue weighted by atomic mass is 32.2. The Hall–Kier alpha value is -1.81. The number of benzene rings is 1. The molecule has 0 radical (unpaired) electrons. The minimum absolute atomic E-state index is 0.0926. The maximum absolute atomic E-state index is 12.8. The molecule has 7 nitrogen and oxygen atoms in total. The standard InChI is InChI=1S/C11H15F2N3O4S/c1-21(19,20)15-6-2-5-14-10-4-3-8(16(17)18)7-9(10)11(12)13/h3-4,7,11,14-15H,2,5-6H2,1H3.